The van der Waals surface area contributed by atoms with Gasteiger partial charge in [0.1, 0.15) is 11.3 Å². The van der Waals surface area contributed by atoms with Crippen molar-refractivity contribution in [1.82, 2.24) is 9.80 Å². The highest BCUT2D eigenvalue weighted by atomic mass is 16.5. The van der Waals surface area contributed by atoms with Gasteiger partial charge in [-0.3, -0.25) is 9.69 Å². The molecule has 0 aliphatic carbocycles. The summed E-state index contributed by atoms with van der Waals surface area (Å²) in [6.07, 6.45) is 2.79. The van der Waals surface area contributed by atoms with Crippen molar-refractivity contribution in [3.8, 4) is 5.75 Å². The second-order valence-corrected chi connectivity index (χ2v) is 8.50. The van der Waals surface area contributed by atoms with Crippen LogP contribution in [0.4, 0.5) is 0 Å². The number of hydrogen-bond acceptors (Lipinski definition) is 6. The molecule has 1 amide bonds. The summed E-state index contributed by atoms with van der Waals surface area (Å²) in [6, 6.07) is 7.45. The van der Waals surface area contributed by atoms with Gasteiger partial charge in [0.05, 0.1) is 13.2 Å². The number of carbonyl (C=O) groups excluding carboxylic acids is 1. The molecule has 0 spiro atoms. The number of nitrogens with zero attached hydrogens (tertiary/aromatic N) is 2. The molecule has 1 atom stereocenters. The highest BCUT2D eigenvalue weighted by Gasteiger charge is 2.30. The van der Waals surface area contributed by atoms with E-state index in [1.165, 1.54) is 6.07 Å². The van der Waals surface area contributed by atoms with Gasteiger partial charge < -0.3 is 18.8 Å². The summed E-state index contributed by atoms with van der Waals surface area (Å²) in [7, 11) is 0. The summed E-state index contributed by atoms with van der Waals surface area (Å²) in [6.45, 7) is 9.48. The molecule has 7 heteroatoms. The van der Waals surface area contributed by atoms with Gasteiger partial charge in [0.25, 0.3) is 5.91 Å². The molecule has 31 heavy (non-hydrogen) atoms. The van der Waals surface area contributed by atoms with Crippen molar-refractivity contribution < 1.29 is 18.7 Å². The number of benzene rings is 1. The maximum absolute atomic E-state index is 12.7. The minimum Gasteiger partial charge on any atom is -0.484 e. The lowest BCUT2D eigenvalue weighted by Gasteiger charge is -2.41. The maximum atomic E-state index is 12.7. The second kappa shape index (κ2) is 9.83. The smallest absolute Gasteiger partial charge is 0.336 e. The minimum absolute atomic E-state index is 0.00124. The summed E-state index contributed by atoms with van der Waals surface area (Å²) in [5.41, 5.74) is 1.07. The second-order valence-electron chi connectivity index (χ2n) is 8.50. The first-order chi connectivity index (χ1) is 15.0. The monoisotopic (exact) mass is 428 g/mol. The van der Waals surface area contributed by atoms with Crippen LogP contribution in [0.15, 0.2) is 33.5 Å². The van der Waals surface area contributed by atoms with Gasteiger partial charge in [0, 0.05) is 49.7 Å². The van der Waals surface area contributed by atoms with Crippen LogP contribution in [-0.4, -0.2) is 67.7 Å². The molecule has 7 nitrogen and oxygen atoms in total. The first kappa shape index (κ1) is 21.8. The average molecular weight is 429 g/mol. The molecule has 2 aromatic rings. The highest BCUT2D eigenvalue weighted by molar-refractivity contribution is 5.82. The van der Waals surface area contributed by atoms with Crippen molar-refractivity contribution in [3.05, 3.63) is 40.2 Å². The molecule has 0 bridgehead atoms. The Bertz CT molecular complexity index is 958. The normalized spacial score (nSPS) is 19.5. The molecule has 2 fully saturated rings. The van der Waals surface area contributed by atoms with E-state index < -0.39 is 0 Å². The number of aryl methyl sites for hydroxylation is 1. The Balaban J connectivity index is 1.30. The van der Waals surface area contributed by atoms with Gasteiger partial charge in [-0.05, 0) is 49.8 Å². The molecule has 2 saturated heterocycles. The number of carbonyl (C=O) groups is 1. The fourth-order valence-electron chi connectivity index (χ4n) is 4.74. The predicted molar refractivity (Wildman–Crippen MR) is 119 cm³/mol. The standard InChI is InChI=1S/C24H32N2O5/c1-3-18-14-24(28)31-22-15-20(4-5-21(18)22)30-16-23(27)26-8-6-19(7-9-26)17(2)25-10-12-29-13-11-25/h4-5,14-15,17,19H,3,6-13,16H2,1-2H3. The van der Waals surface area contributed by atoms with Gasteiger partial charge in [-0.25, -0.2) is 4.79 Å². The molecule has 0 N–H and O–H groups in total. The van der Waals surface area contributed by atoms with Crippen molar-refractivity contribution in [2.75, 3.05) is 46.0 Å². The van der Waals surface area contributed by atoms with Crippen LogP contribution >= 0.6 is 0 Å². The fourth-order valence-corrected chi connectivity index (χ4v) is 4.74. The first-order valence-electron chi connectivity index (χ1n) is 11.3. The van der Waals surface area contributed by atoms with Crippen LogP contribution in [0.5, 0.6) is 5.75 Å². The Hall–Kier alpha value is -2.38. The van der Waals surface area contributed by atoms with Crippen LogP contribution in [0.2, 0.25) is 0 Å². The van der Waals surface area contributed by atoms with E-state index in [1.807, 2.05) is 24.0 Å². The number of likely N-dealkylation sites (tertiary alicyclic amines) is 1. The zero-order valence-corrected chi connectivity index (χ0v) is 18.5. The third-order valence-corrected chi connectivity index (χ3v) is 6.74. The zero-order valence-electron chi connectivity index (χ0n) is 18.5. The van der Waals surface area contributed by atoms with Crippen molar-refractivity contribution in [2.24, 2.45) is 5.92 Å². The summed E-state index contributed by atoms with van der Waals surface area (Å²) in [4.78, 5) is 28.8. The number of amides is 1. The Labute approximate surface area is 182 Å². The van der Waals surface area contributed by atoms with Crippen LogP contribution in [0.1, 0.15) is 32.3 Å². The molecule has 2 aliphatic heterocycles. The lowest BCUT2D eigenvalue weighted by molar-refractivity contribution is -0.135. The molecule has 1 aromatic heterocycles. The van der Waals surface area contributed by atoms with Crippen LogP contribution in [0.25, 0.3) is 11.0 Å². The molecular weight excluding hydrogens is 396 g/mol. The Kier molecular flexibility index (Phi) is 6.92. The molecule has 2 aliphatic rings. The Morgan fingerprint density at radius 1 is 1.16 bits per heavy atom. The number of fused-ring (bicyclic) bond motifs is 1. The number of morpholine rings is 1. The van der Waals surface area contributed by atoms with E-state index in [-0.39, 0.29) is 18.1 Å². The largest absolute Gasteiger partial charge is 0.484 e. The van der Waals surface area contributed by atoms with Crippen molar-refractivity contribution in [2.45, 2.75) is 39.2 Å². The SMILES string of the molecule is CCc1cc(=O)oc2cc(OCC(=O)N3CCC(C(C)N4CCOCC4)CC3)ccc12. The minimum atomic E-state index is -0.369. The Morgan fingerprint density at radius 3 is 2.61 bits per heavy atom. The van der Waals surface area contributed by atoms with Crippen molar-refractivity contribution in [3.63, 3.8) is 0 Å². The molecule has 1 aromatic carbocycles. The number of hydrogen-bond donors (Lipinski definition) is 0. The maximum Gasteiger partial charge on any atom is 0.336 e. The van der Waals surface area contributed by atoms with Crippen LogP contribution in [0.3, 0.4) is 0 Å². The van der Waals surface area contributed by atoms with E-state index in [9.17, 15) is 9.59 Å². The van der Waals surface area contributed by atoms with E-state index >= 15 is 0 Å². The lowest BCUT2D eigenvalue weighted by Crippen LogP contribution is -2.49. The molecular formula is C24H32N2O5. The summed E-state index contributed by atoms with van der Waals surface area (Å²) in [5, 5.41) is 0.900. The van der Waals surface area contributed by atoms with Crippen LogP contribution in [-0.2, 0) is 16.0 Å². The van der Waals surface area contributed by atoms with Gasteiger partial charge >= 0.3 is 5.63 Å². The van der Waals surface area contributed by atoms with E-state index in [1.54, 1.807) is 6.07 Å². The van der Waals surface area contributed by atoms with E-state index in [0.717, 1.165) is 69.6 Å². The average Bonchev–Trinajstić information content (AvgIpc) is 2.81. The molecule has 168 valence electrons. The van der Waals surface area contributed by atoms with Crippen LogP contribution < -0.4 is 10.4 Å². The van der Waals surface area contributed by atoms with Gasteiger partial charge in [0.2, 0.25) is 0 Å². The van der Waals surface area contributed by atoms with E-state index in [0.29, 0.717) is 23.3 Å². The van der Waals surface area contributed by atoms with E-state index in [2.05, 4.69) is 11.8 Å². The molecule has 3 heterocycles. The highest BCUT2D eigenvalue weighted by Crippen LogP contribution is 2.26. The topological polar surface area (TPSA) is 72.2 Å². The predicted octanol–water partition coefficient (Wildman–Crippen LogP) is 2.69. The quantitative estimate of drug-likeness (QED) is 0.659. The summed E-state index contributed by atoms with van der Waals surface area (Å²) < 4.78 is 16.5. The summed E-state index contributed by atoms with van der Waals surface area (Å²) >= 11 is 0. The molecule has 0 saturated carbocycles. The molecule has 4 rings (SSSR count). The van der Waals surface area contributed by atoms with E-state index in [4.69, 9.17) is 13.9 Å². The van der Waals surface area contributed by atoms with Crippen LogP contribution in [0, 0.1) is 5.92 Å². The van der Waals surface area contributed by atoms with Gasteiger partial charge in [-0.15, -0.1) is 0 Å². The molecule has 1 unspecified atom stereocenters. The van der Waals surface area contributed by atoms with Crippen molar-refractivity contribution in [1.29, 1.82) is 0 Å². The van der Waals surface area contributed by atoms with Gasteiger partial charge in [0.15, 0.2) is 6.61 Å². The number of rotatable bonds is 6. The third-order valence-electron chi connectivity index (χ3n) is 6.74. The third kappa shape index (κ3) is 5.10. The Morgan fingerprint density at radius 2 is 1.90 bits per heavy atom. The lowest BCUT2D eigenvalue weighted by atomic mass is 9.89. The number of piperidine rings is 1. The number of ether oxygens (including phenoxy) is 2. The molecule has 0 radical (unpaired) electrons. The first-order valence-corrected chi connectivity index (χ1v) is 11.3. The van der Waals surface area contributed by atoms with Gasteiger partial charge in [-0.1, -0.05) is 6.92 Å². The van der Waals surface area contributed by atoms with Crippen molar-refractivity contribution >= 4 is 16.9 Å². The van der Waals surface area contributed by atoms with Gasteiger partial charge in [-0.2, -0.15) is 0 Å². The summed E-state index contributed by atoms with van der Waals surface area (Å²) in [5.74, 6) is 1.15. The zero-order chi connectivity index (χ0) is 21.8. The fraction of sp³-hybridized carbons (Fsp3) is 0.583.